The van der Waals surface area contributed by atoms with Crippen molar-refractivity contribution >= 4 is 52.3 Å². The summed E-state index contributed by atoms with van der Waals surface area (Å²) in [4.78, 5) is 68.1. The molecule has 2 saturated carbocycles. The van der Waals surface area contributed by atoms with Crippen molar-refractivity contribution in [2.24, 2.45) is 29.4 Å². The van der Waals surface area contributed by atoms with Gasteiger partial charge < -0.3 is 21.1 Å². The van der Waals surface area contributed by atoms with E-state index in [9.17, 15) is 39.3 Å². The largest absolute Gasteiger partial charge is 0.507 e. The van der Waals surface area contributed by atoms with Gasteiger partial charge in [-0.1, -0.05) is 41.9 Å². The van der Waals surface area contributed by atoms with Crippen LogP contribution in [0.4, 0.5) is 0 Å². The number of nitrogens with two attached hydrogens (primary N) is 1. The maximum atomic E-state index is 14.1. The van der Waals surface area contributed by atoms with Crippen LogP contribution >= 0.6 is 11.6 Å². The van der Waals surface area contributed by atoms with Crippen LogP contribution in [0, 0.1) is 23.7 Å². The first-order chi connectivity index (χ1) is 18.3. The topological polar surface area (TPSA) is 175 Å². The molecule has 0 saturated heterocycles. The van der Waals surface area contributed by atoms with Crippen molar-refractivity contribution in [2.75, 3.05) is 14.1 Å². The van der Waals surface area contributed by atoms with Gasteiger partial charge in [-0.3, -0.25) is 28.9 Å². The van der Waals surface area contributed by atoms with Gasteiger partial charge in [-0.15, -0.1) is 0 Å². The fraction of sp³-hybridized carbons (Fsp3) is 0.321. The minimum Gasteiger partial charge on any atom is -0.507 e. The van der Waals surface area contributed by atoms with E-state index < -0.39 is 76.2 Å². The number of aromatic hydroxyl groups is 1. The molecule has 1 amide bonds. The highest BCUT2D eigenvalue weighted by Crippen LogP contribution is 2.54. The Hall–Kier alpha value is -3.70. The van der Waals surface area contributed by atoms with E-state index in [1.807, 2.05) is 0 Å². The van der Waals surface area contributed by atoms with Crippen LogP contribution in [0.5, 0.6) is 5.75 Å². The van der Waals surface area contributed by atoms with Gasteiger partial charge >= 0.3 is 0 Å². The molecule has 3 aliphatic rings. The number of ketones is 4. The van der Waals surface area contributed by atoms with Crippen LogP contribution < -0.4 is 5.73 Å². The molecule has 2 aromatic carbocycles. The molecule has 5 rings (SSSR count). The number of halogens is 1. The van der Waals surface area contributed by atoms with Gasteiger partial charge in [0.2, 0.25) is 5.91 Å². The second kappa shape index (κ2) is 9.20. The van der Waals surface area contributed by atoms with E-state index in [2.05, 4.69) is 0 Å². The van der Waals surface area contributed by atoms with Gasteiger partial charge in [0.05, 0.1) is 29.5 Å². The molecule has 5 N–H and O–H groups in total. The molecule has 3 aliphatic carbocycles. The Morgan fingerprint density at radius 1 is 1.08 bits per heavy atom. The van der Waals surface area contributed by atoms with Crippen molar-refractivity contribution < 1.29 is 39.3 Å². The predicted octanol–water partition coefficient (Wildman–Crippen LogP) is 0.489. The highest BCUT2D eigenvalue weighted by atomic mass is 35.5. The maximum absolute atomic E-state index is 14.1. The normalized spacial score (nSPS) is 33.1. The first kappa shape index (κ1) is 26.9. The number of Topliss-reactive ketones (excluding diaryl/α,β-unsaturated/α-hetero) is 4. The Balaban J connectivity index is 1.80. The summed E-state index contributed by atoms with van der Waals surface area (Å²) in [6, 6.07) is 9.47. The summed E-state index contributed by atoms with van der Waals surface area (Å²) >= 11 is 6.16. The Labute approximate surface area is 227 Å². The number of primary amides is 1. The van der Waals surface area contributed by atoms with Gasteiger partial charge in [0.15, 0.2) is 34.7 Å². The van der Waals surface area contributed by atoms with E-state index in [-0.39, 0.29) is 16.7 Å². The van der Waals surface area contributed by atoms with Gasteiger partial charge in [-0.05, 0) is 49.0 Å². The lowest BCUT2D eigenvalue weighted by atomic mass is 9.50. The summed E-state index contributed by atoms with van der Waals surface area (Å²) in [5.41, 5.74) is 3.10. The molecule has 0 heterocycles. The summed E-state index contributed by atoms with van der Waals surface area (Å²) in [5, 5.41) is 34.6. The number of likely N-dealkylation sites (N-methyl/N-ethyl adjacent to an activating group) is 1. The van der Waals surface area contributed by atoms with Crippen LogP contribution in [0.2, 0.25) is 5.02 Å². The molecule has 11 heteroatoms. The molecule has 10 nitrogen and oxygen atoms in total. The van der Waals surface area contributed by atoms with Crippen molar-refractivity contribution in [1.82, 2.24) is 4.90 Å². The summed E-state index contributed by atoms with van der Waals surface area (Å²) < 4.78 is 0. The van der Waals surface area contributed by atoms with Crippen LogP contribution in [0.25, 0.3) is 11.6 Å². The van der Waals surface area contributed by atoms with Gasteiger partial charge in [0.25, 0.3) is 0 Å². The van der Waals surface area contributed by atoms with E-state index in [0.29, 0.717) is 10.6 Å². The quantitative estimate of drug-likeness (QED) is 0.395. The number of carbonyl (C=O) groups is 5. The lowest BCUT2D eigenvalue weighted by molar-refractivity contribution is -0.192. The molecule has 2 aromatic rings. The van der Waals surface area contributed by atoms with Crippen LogP contribution in [0.1, 0.15) is 21.5 Å². The number of benzene rings is 2. The maximum Gasteiger partial charge on any atom is 0.235 e. The summed E-state index contributed by atoms with van der Waals surface area (Å²) in [7, 11) is 2.87. The van der Waals surface area contributed by atoms with E-state index >= 15 is 0 Å². The number of nitrogens with zero attached hydrogens (tertiary/aromatic N) is 1. The van der Waals surface area contributed by atoms with Crippen LogP contribution in [-0.4, -0.2) is 81.1 Å². The molecule has 7 atom stereocenters. The molecule has 0 aromatic heterocycles. The van der Waals surface area contributed by atoms with Crippen molar-refractivity contribution in [2.45, 2.75) is 17.7 Å². The zero-order valence-electron chi connectivity index (χ0n) is 20.9. The standard InChI is InChI=1S/C28H25ClN2O8/c1-31(2)21-20-23(34)17-14(10-11-5-3-6-12(29)9-11)13-7-4-8-15(32)16(13)22(33)18(17)25(36)28(20,39)26(37)19(24(21)35)27(30)38/h3-10,17-21,23,32,34,39H,1-2H3,(H2,30,38)/t17-,18?,19?,20-,21+,23+,28+/m0/s1. The third-order valence-corrected chi connectivity index (χ3v) is 8.28. The Bertz CT molecular complexity index is 1500. The highest BCUT2D eigenvalue weighted by Gasteiger charge is 2.72. The number of hydrogen-bond donors (Lipinski definition) is 4. The number of amides is 1. The molecule has 2 unspecified atom stereocenters. The number of phenols is 1. The Morgan fingerprint density at radius 3 is 2.36 bits per heavy atom. The smallest absolute Gasteiger partial charge is 0.235 e. The predicted molar refractivity (Wildman–Crippen MR) is 138 cm³/mol. The highest BCUT2D eigenvalue weighted by molar-refractivity contribution is 6.33. The fourth-order valence-corrected chi connectivity index (χ4v) is 6.64. The first-order valence-corrected chi connectivity index (χ1v) is 12.5. The number of aliphatic hydroxyl groups excluding tert-OH is 1. The number of hydrogen-bond acceptors (Lipinski definition) is 9. The monoisotopic (exact) mass is 552 g/mol. The molecule has 0 radical (unpaired) electrons. The van der Waals surface area contributed by atoms with E-state index in [0.717, 1.165) is 0 Å². The molecule has 39 heavy (non-hydrogen) atoms. The second-order valence-corrected chi connectivity index (χ2v) is 10.8. The Kier molecular flexibility index (Phi) is 6.34. The first-order valence-electron chi connectivity index (χ1n) is 12.1. The third-order valence-electron chi connectivity index (χ3n) is 8.04. The van der Waals surface area contributed by atoms with E-state index in [1.54, 1.807) is 36.4 Å². The van der Waals surface area contributed by atoms with Crippen molar-refractivity contribution in [3.63, 3.8) is 0 Å². The number of phenolic OH excluding ortho intramolecular Hbond substituents is 1. The van der Waals surface area contributed by atoms with E-state index in [1.165, 1.54) is 31.1 Å². The van der Waals surface area contributed by atoms with Crippen molar-refractivity contribution in [3.8, 4) is 5.75 Å². The van der Waals surface area contributed by atoms with Gasteiger partial charge in [0.1, 0.15) is 5.75 Å². The molecule has 0 bridgehead atoms. The zero-order chi connectivity index (χ0) is 28.5. The number of rotatable bonds is 3. The van der Waals surface area contributed by atoms with Crippen LogP contribution in [-0.2, 0) is 19.2 Å². The molecular formula is C28H25ClN2O8. The number of carbonyl (C=O) groups excluding carboxylic acids is 5. The Morgan fingerprint density at radius 2 is 1.74 bits per heavy atom. The average molecular weight is 553 g/mol. The minimum atomic E-state index is -3.07. The molecule has 0 aliphatic heterocycles. The molecule has 202 valence electrons. The fourth-order valence-electron chi connectivity index (χ4n) is 6.45. The van der Waals surface area contributed by atoms with Crippen molar-refractivity contribution in [3.05, 3.63) is 64.2 Å². The summed E-state index contributed by atoms with van der Waals surface area (Å²) in [5.74, 6) is -13.4. The lowest BCUT2D eigenvalue weighted by Gasteiger charge is -2.55. The number of aliphatic hydroxyl groups is 2. The summed E-state index contributed by atoms with van der Waals surface area (Å²) in [6.45, 7) is 0. The second-order valence-electron chi connectivity index (χ2n) is 10.4. The van der Waals surface area contributed by atoms with Crippen LogP contribution in [0.3, 0.4) is 0 Å². The SMILES string of the molecule is CN(C)[C@H]1C(=O)C(C(N)=O)C(=O)[C@]2(O)C(=O)C3C(=O)c4c(O)cccc4C(=Cc4cccc(Cl)c4)[C@@H]3[C@@H](O)[C@H]12. The number of fused-ring (bicyclic) bond motifs is 3. The van der Waals surface area contributed by atoms with Crippen molar-refractivity contribution in [1.29, 1.82) is 0 Å². The zero-order valence-corrected chi connectivity index (χ0v) is 21.6. The van der Waals surface area contributed by atoms with Gasteiger partial charge in [-0.25, -0.2) is 0 Å². The summed E-state index contributed by atoms with van der Waals surface area (Å²) in [6.07, 6.45) is -0.185. The van der Waals surface area contributed by atoms with Crippen LogP contribution in [0.15, 0.2) is 42.5 Å². The molecular weight excluding hydrogens is 528 g/mol. The average Bonchev–Trinajstić information content (AvgIpc) is 2.85. The van der Waals surface area contributed by atoms with Gasteiger partial charge in [-0.2, -0.15) is 0 Å². The minimum absolute atomic E-state index is 0.218. The molecule has 0 spiro atoms. The molecule has 2 fully saturated rings. The van der Waals surface area contributed by atoms with Gasteiger partial charge in [0, 0.05) is 10.9 Å². The third kappa shape index (κ3) is 3.70. The van der Waals surface area contributed by atoms with E-state index in [4.69, 9.17) is 17.3 Å². The lowest BCUT2D eigenvalue weighted by Crippen LogP contribution is -2.77.